The van der Waals surface area contributed by atoms with E-state index in [2.05, 4.69) is 15.0 Å². The van der Waals surface area contributed by atoms with Crippen LogP contribution in [-0.4, -0.2) is 44.8 Å². The zero-order chi connectivity index (χ0) is 18.0. The van der Waals surface area contributed by atoms with Crippen molar-refractivity contribution in [1.29, 1.82) is 0 Å². The summed E-state index contributed by atoms with van der Waals surface area (Å²) in [5.41, 5.74) is 6.90. The molecule has 0 spiro atoms. The first-order valence-electron chi connectivity index (χ1n) is 8.44. The molecule has 136 valence electrons. The van der Waals surface area contributed by atoms with Gasteiger partial charge in [0.15, 0.2) is 11.2 Å². The van der Waals surface area contributed by atoms with Gasteiger partial charge in [-0.2, -0.15) is 9.97 Å². The Morgan fingerprint density at radius 1 is 1.44 bits per heavy atom. The molecule has 0 amide bonds. The number of aromatic nitrogens is 4. The molecule has 2 atom stereocenters. The summed E-state index contributed by atoms with van der Waals surface area (Å²) >= 11 is 0. The van der Waals surface area contributed by atoms with Gasteiger partial charge in [-0.15, -0.1) is 0 Å². The van der Waals surface area contributed by atoms with Gasteiger partial charge in [-0.1, -0.05) is 13.8 Å². The van der Waals surface area contributed by atoms with Crippen LogP contribution in [0.15, 0.2) is 6.33 Å². The first-order chi connectivity index (χ1) is 12.0. The Morgan fingerprint density at radius 3 is 2.96 bits per heavy atom. The van der Waals surface area contributed by atoms with E-state index >= 15 is 0 Å². The highest BCUT2D eigenvalue weighted by Gasteiger charge is 2.30. The first-order valence-corrected chi connectivity index (χ1v) is 8.44. The van der Waals surface area contributed by atoms with Crippen LogP contribution < -0.4 is 10.5 Å². The molecule has 3 heterocycles. The van der Waals surface area contributed by atoms with E-state index in [0.29, 0.717) is 23.7 Å². The van der Waals surface area contributed by atoms with Crippen molar-refractivity contribution in [3.63, 3.8) is 0 Å². The molecule has 2 unspecified atom stereocenters. The molecule has 9 nitrogen and oxygen atoms in total. The molecule has 2 N–H and O–H groups in total. The molecule has 0 radical (unpaired) electrons. The molecule has 1 aliphatic rings. The van der Waals surface area contributed by atoms with E-state index in [-0.39, 0.29) is 36.8 Å². The number of carbonyl (C=O) groups is 1. The van der Waals surface area contributed by atoms with Crippen LogP contribution >= 0.6 is 0 Å². The van der Waals surface area contributed by atoms with E-state index in [9.17, 15) is 4.79 Å². The Hall–Kier alpha value is -2.42. The summed E-state index contributed by atoms with van der Waals surface area (Å²) in [7, 11) is 0. The Balaban J connectivity index is 1.74. The molecule has 2 aromatic rings. The fourth-order valence-corrected chi connectivity index (χ4v) is 2.71. The van der Waals surface area contributed by atoms with Gasteiger partial charge in [-0.3, -0.25) is 9.36 Å². The Kier molecular flexibility index (Phi) is 5.03. The third kappa shape index (κ3) is 3.65. The number of fused-ring (bicyclic) bond motifs is 1. The van der Waals surface area contributed by atoms with Gasteiger partial charge in [0.05, 0.1) is 25.0 Å². The van der Waals surface area contributed by atoms with E-state index in [1.165, 1.54) is 0 Å². The van der Waals surface area contributed by atoms with Crippen LogP contribution in [0.5, 0.6) is 5.88 Å². The lowest BCUT2D eigenvalue weighted by Crippen LogP contribution is -2.21. The third-order valence-corrected chi connectivity index (χ3v) is 3.97. The SMILES string of the molecule is CCOc1nc(N)nc2c1ncn2C1CCC(COC(=O)C(C)C)O1. The fourth-order valence-electron chi connectivity index (χ4n) is 2.71. The van der Waals surface area contributed by atoms with E-state index in [0.717, 1.165) is 12.8 Å². The zero-order valence-corrected chi connectivity index (χ0v) is 14.6. The molecule has 9 heteroatoms. The number of esters is 1. The molecule has 1 fully saturated rings. The van der Waals surface area contributed by atoms with Crippen molar-refractivity contribution in [2.24, 2.45) is 5.92 Å². The molecular formula is C16H23N5O4. The molecule has 1 aliphatic heterocycles. The summed E-state index contributed by atoms with van der Waals surface area (Å²) < 4.78 is 18.5. The second-order valence-corrected chi connectivity index (χ2v) is 6.22. The van der Waals surface area contributed by atoms with Crippen LogP contribution in [0.1, 0.15) is 39.8 Å². The van der Waals surface area contributed by atoms with Gasteiger partial charge in [0.1, 0.15) is 12.8 Å². The Morgan fingerprint density at radius 2 is 2.24 bits per heavy atom. The number of rotatable bonds is 6. The topological polar surface area (TPSA) is 114 Å². The molecule has 2 aromatic heterocycles. The molecular weight excluding hydrogens is 326 g/mol. The summed E-state index contributed by atoms with van der Waals surface area (Å²) in [6.45, 7) is 6.18. The number of carbonyl (C=O) groups excluding carboxylic acids is 1. The highest BCUT2D eigenvalue weighted by molar-refractivity contribution is 5.77. The van der Waals surface area contributed by atoms with Crippen LogP contribution in [0.25, 0.3) is 11.2 Å². The molecule has 0 aromatic carbocycles. The summed E-state index contributed by atoms with van der Waals surface area (Å²) in [6, 6.07) is 0. The zero-order valence-electron chi connectivity index (χ0n) is 14.6. The van der Waals surface area contributed by atoms with Crippen molar-refractivity contribution in [1.82, 2.24) is 19.5 Å². The predicted molar refractivity (Wildman–Crippen MR) is 89.8 cm³/mol. The number of nitrogens with two attached hydrogens (primary N) is 1. The molecule has 1 saturated heterocycles. The van der Waals surface area contributed by atoms with Gasteiger partial charge >= 0.3 is 5.97 Å². The van der Waals surface area contributed by atoms with Crippen LogP contribution in [0.4, 0.5) is 5.95 Å². The lowest BCUT2D eigenvalue weighted by molar-refractivity contribution is -0.152. The van der Waals surface area contributed by atoms with Crippen molar-refractivity contribution in [3.05, 3.63) is 6.33 Å². The molecule has 25 heavy (non-hydrogen) atoms. The van der Waals surface area contributed by atoms with Crippen molar-refractivity contribution < 1.29 is 19.0 Å². The average Bonchev–Trinajstić information content (AvgIpc) is 3.19. The van der Waals surface area contributed by atoms with Gasteiger partial charge < -0.3 is 19.9 Å². The normalized spacial score (nSPS) is 20.3. The highest BCUT2D eigenvalue weighted by Crippen LogP contribution is 2.32. The Bertz CT molecular complexity index is 760. The maximum Gasteiger partial charge on any atom is 0.308 e. The highest BCUT2D eigenvalue weighted by atomic mass is 16.6. The standard InChI is InChI=1S/C16H23N5O4/c1-4-23-14-12-13(19-16(17)20-14)21(8-18-12)11-6-5-10(25-11)7-24-15(22)9(2)3/h8-11H,4-7H2,1-3H3,(H2,17,19,20). The number of anilines is 1. The van der Waals surface area contributed by atoms with Crippen molar-refractivity contribution >= 4 is 23.1 Å². The smallest absolute Gasteiger partial charge is 0.308 e. The van der Waals surface area contributed by atoms with Gasteiger partial charge in [0.2, 0.25) is 11.8 Å². The van der Waals surface area contributed by atoms with Crippen molar-refractivity contribution in [3.8, 4) is 5.88 Å². The Labute approximate surface area is 145 Å². The van der Waals surface area contributed by atoms with Crippen LogP contribution in [0.2, 0.25) is 0 Å². The van der Waals surface area contributed by atoms with Gasteiger partial charge in [-0.05, 0) is 19.8 Å². The van der Waals surface area contributed by atoms with Crippen molar-refractivity contribution in [2.75, 3.05) is 18.9 Å². The minimum Gasteiger partial charge on any atom is -0.476 e. The van der Waals surface area contributed by atoms with Gasteiger partial charge in [0, 0.05) is 0 Å². The van der Waals surface area contributed by atoms with Crippen LogP contribution in [-0.2, 0) is 14.3 Å². The molecule has 0 aliphatic carbocycles. The number of hydrogen-bond acceptors (Lipinski definition) is 8. The van der Waals surface area contributed by atoms with Crippen LogP contribution in [0, 0.1) is 5.92 Å². The summed E-state index contributed by atoms with van der Waals surface area (Å²) in [5.74, 6) is 0.121. The maximum atomic E-state index is 11.6. The van der Waals surface area contributed by atoms with E-state index in [4.69, 9.17) is 19.9 Å². The molecule has 0 saturated carbocycles. The number of hydrogen-bond donors (Lipinski definition) is 1. The lowest BCUT2D eigenvalue weighted by Gasteiger charge is -2.16. The minimum absolute atomic E-state index is 0.123. The fraction of sp³-hybridized carbons (Fsp3) is 0.625. The van der Waals surface area contributed by atoms with Crippen molar-refractivity contribution in [2.45, 2.75) is 45.9 Å². The van der Waals surface area contributed by atoms with E-state index in [1.54, 1.807) is 20.2 Å². The van der Waals surface area contributed by atoms with E-state index in [1.807, 2.05) is 11.5 Å². The summed E-state index contributed by atoms with van der Waals surface area (Å²) in [4.78, 5) is 24.3. The lowest BCUT2D eigenvalue weighted by atomic mass is 10.2. The quantitative estimate of drug-likeness (QED) is 0.784. The number of ether oxygens (including phenoxy) is 3. The number of imidazole rings is 1. The van der Waals surface area contributed by atoms with E-state index < -0.39 is 0 Å². The monoisotopic (exact) mass is 349 g/mol. The third-order valence-electron chi connectivity index (χ3n) is 3.97. The summed E-state index contributed by atoms with van der Waals surface area (Å²) in [6.07, 6.45) is 2.82. The molecule has 3 rings (SSSR count). The van der Waals surface area contributed by atoms with Gasteiger partial charge in [0.25, 0.3) is 0 Å². The number of nitrogens with zero attached hydrogens (tertiary/aromatic N) is 4. The average molecular weight is 349 g/mol. The largest absolute Gasteiger partial charge is 0.476 e. The predicted octanol–water partition coefficient (Wildman–Crippen LogP) is 1.68. The minimum atomic E-state index is -0.239. The second kappa shape index (κ2) is 7.22. The maximum absolute atomic E-state index is 11.6. The first kappa shape index (κ1) is 17.4. The van der Waals surface area contributed by atoms with Crippen LogP contribution in [0.3, 0.4) is 0 Å². The molecule has 0 bridgehead atoms. The number of nitrogen functional groups attached to an aromatic ring is 1. The summed E-state index contributed by atoms with van der Waals surface area (Å²) in [5, 5.41) is 0. The second-order valence-electron chi connectivity index (χ2n) is 6.22. The van der Waals surface area contributed by atoms with Gasteiger partial charge in [-0.25, -0.2) is 4.98 Å².